The first-order chi connectivity index (χ1) is 5.25. The van der Waals surface area contributed by atoms with Gasteiger partial charge in [-0.25, -0.2) is 9.89 Å². The molecule has 0 amide bonds. The van der Waals surface area contributed by atoms with E-state index in [1.54, 1.807) is 7.05 Å². The Kier molecular flexibility index (Phi) is 4.69. The normalized spacial score (nSPS) is 8.73. The number of thioether (sulfide) groups is 1. The van der Waals surface area contributed by atoms with Crippen LogP contribution in [0.5, 0.6) is 0 Å². The van der Waals surface area contributed by atoms with Crippen LogP contribution in [0.2, 0.25) is 0 Å². The number of hydrogen-bond acceptors (Lipinski definition) is 3. The van der Waals surface area contributed by atoms with Crippen LogP contribution >= 0.6 is 11.8 Å². The smallest absolute Gasteiger partial charge is 0.273 e. The molecule has 0 aliphatic rings. The van der Waals surface area contributed by atoms with Gasteiger partial charge in [-0.2, -0.15) is 0 Å². The third kappa shape index (κ3) is 2.42. The Bertz CT molecular complexity index is 253. The first-order valence-corrected chi connectivity index (χ1v) is 4.63. The Balaban J connectivity index is 0.000000461. The van der Waals surface area contributed by atoms with Crippen LogP contribution in [0.4, 0.5) is 0 Å². The first-order valence-electron chi connectivity index (χ1n) is 3.41. The molecular formula is C6H13N3OS. The molecule has 0 aliphatic carbocycles. The van der Waals surface area contributed by atoms with Crippen LogP contribution < -0.4 is 5.69 Å². The van der Waals surface area contributed by atoms with Crippen molar-refractivity contribution in [3.63, 3.8) is 0 Å². The molecule has 5 heteroatoms. The molecule has 1 heterocycles. The molecule has 0 aliphatic heterocycles. The van der Waals surface area contributed by atoms with Gasteiger partial charge in [0.15, 0.2) is 5.16 Å². The quantitative estimate of drug-likeness (QED) is 0.644. The lowest BCUT2D eigenvalue weighted by Crippen LogP contribution is -2.12. The summed E-state index contributed by atoms with van der Waals surface area (Å²) in [6, 6.07) is 0. The molecular weight excluding hydrogens is 162 g/mol. The second-order valence-electron chi connectivity index (χ2n) is 1.57. The van der Waals surface area contributed by atoms with Gasteiger partial charge in [0.2, 0.25) is 0 Å². The Morgan fingerprint density at radius 2 is 2.09 bits per heavy atom. The molecule has 1 aromatic heterocycles. The lowest BCUT2D eigenvalue weighted by atomic mass is 11.0. The van der Waals surface area contributed by atoms with Gasteiger partial charge in [-0.05, 0) is 6.26 Å². The van der Waals surface area contributed by atoms with Gasteiger partial charge >= 0.3 is 5.69 Å². The molecule has 0 bridgehead atoms. The van der Waals surface area contributed by atoms with Gasteiger partial charge in [0.25, 0.3) is 0 Å². The number of rotatable bonds is 1. The van der Waals surface area contributed by atoms with Crippen molar-refractivity contribution in [2.45, 2.75) is 19.0 Å². The first kappa shape index (κ1) is 10.3. The highest BCUT2D eigenvalue weighted by Gasteiger charge is 1.98. The van der Waals surface area contributed by atoms with E-state index in [9.17, 15) is 4.79 Å². The van der Waals surface area contributed by atoms with Crippen LogP contribution in [0, 0.1) is 0 Å². The average Bonchev–Trinajstić information content (AvgIpc) is 2.37. The summed E-state index contributed by atoms with van der Waals surface area (Å²) < 4.78 is 1.46. The third-order valence-electron chi connectivity index (χ3n) is 1.02. The van der Waals surface area contributed by atoms with Crippen molar-refractivity contribution >= 4 is 11.8 Å². The Hall–Kier alpha value is -0.710. The molecule has 0 saturated carbocycles. The zero-order chi connectivity index (χ0) is 8.85. The second kappa shape index (κ2) is 5.01. The molecule has 0 unspecified atom stereocenters. The standard InChI is InChI=1S/C4H7N3OS.C2H6/c1-7-3(8)5-6-4(7)9-2;1-2/h1-2H3,(H,5,8);1-2H3. The van der Waals surface area contributed by atoms with Crippen LogP contribution in [0.3, 0.4) is 0 Å². The van der Waals surface area contributed by atoms with Gasteiger partial charge in [0.1, 0.15) is 0 Å². The predicted molar refractivity (Wildman–Crippen MR) is 47.0 cm³/mol. The summed E-state index contributed by atoms with van der Waals surface area (Å²) in [6.45, 7) is 4.00. The van der Waals surface area contributed by atoms with Gasteiger partial charge in [0.05, 0.1) is 0 Å². The minimum absolute atomic E-state index is 0.167. The van der Waals surface area contributed by atoms with Crippen molar-refractivity contribution in [3.8, 4) is 0 Å². The Labute approximate surface area is 70.0 Å². The van der Waals surface area contributed by atoms with Gasteiger partial charge < -0.3 is 0 Å². The summed E-state index contributed by atoms with van der Waals surface area (Å²) in [7, 11) is 1.68. The van der Waals surface area contributed by atoms with Crippen LogP contribution in [0.15, 0.2) is 9.95 Å². The number of aromatic amines is 1. The molecule has 11 heavy (non-hydrogen) atoms. The highest BCUT2D eigenvalue weighted by molar-refractivity contribution is 7.98. The SMILES string of the molecule is CC.CSc1n[nH]c(=O)n1C. The summed E-state index contributed by atoms with van der Waals surface area (Å²) in [5, 5.41) is 6.75. The molecule has 0 spiro atoms. The summed E-state index contributed by atoms with van der Waals surface area (Å²) in [6.07, 6.45) is 1.87. The topological polar surface area (TPSA) is 50.7 Å². The van der Waals surface area contributed by atoms with Crippen LogP contribution in [0.25, 0.3) is 0 Å². The van der Waals surface area contributed by atoms with Crippen molar-refractivity contribution < 1.29 is 0 Å². The monoisotopic (exact) mass is 175 g/mol. The molecule has 0 fully saturated rings. The van der Waals surface area contributed by atoms with E-state index in [2.05, 4.69) is 10.2 Å². The van der Waals surface area contributed by atoms with Crippen molar-refractivity contribution in [3.05, 3.63) is 10.5 Å². The lowest BCUT2D eigenvalue weighted by molar-refractivity contribution is 0.767. The maximum atomic E-state index is 10.6. The fourth-order valence-corrected chi connectivity index (χ4v) is 1.01. The Morgan fingerprint density at radius 3 is 2.27 bits per heavy atom. The third-order valence-corrected chi connectivity index (χ3v) is 1.75. The maximum absolute atomic E-state index is 10.6. The lowest BCUT2D eigenvalue weighted by Gasteiger charge is -1.88. The van der Waals surface area contributed by atoms with Crippen LogP contribution in [-0.2, 0) is 7.05 Å². The van der Waals surface area contributed by atoms with E-state index in [0.29, 0.717) is 5.16 Å². The summed E-state index contributed by atoms with van der Waals surface area (Å²) in [4.78, 5) is 10.6. The van der Waals surface area contributed by atoms with Crippen LogP contribution in [0.1, 0.15) is 13.8 Å². The molecule has 0 aromatic carbocycles. The fraction of sp³-hybridized carbons (Fsp3) is 0.667. The van der Waals surface area contributed by atoms with Crippen molar-refractivity contribution in [2.24, 2.45) is 7.05 Å². The molecule has 0 radical (unpaired) electrons. The summed E-state index contributed by atoms with van der Waals surface area (Å²) >= 11 is 1.44. The number of H-pyrrole nitrogens is 1. The van der Waals surface area contributed by atoms with Gasteiger partial charge in [-0.1, -0.05) is 25.6 Å². The highest BCUT2D eigenvalue weighted by Crippen LogP contribution is 2.04. The van der Waals surface area contributed by atoms with Gasteiger partial charge in [-0.15, -0.1) is 5.10 Å². The van der Waals surface area contributed by atoms with Gasteiger partial charge in [0, 0.05) is 7.05 Å². The number of aromatic nitrogens is 3. The Morgan fingerprint density at radius 1 is 1.55 bits per heavy atom. The molecule has 64 valence electrons. The van der Waals surface area contributed by atoms with Crippen molar-refractivity contribution in [1.82, 2.24) is 14.8 Å². The van der Waals surface area contributed by atoms with Crippen LogP contribution in [-0.4, -0.2) is 21.0 Å². The second-order valence-corrected chi connectivity index (χ2v) is 2.35. The van der Waals surface area contributed by atoms with E-state index in [1.807, 2.05) is 20.1 Å². The highest BCUT2D eigenvalue weighted by atomic mass is 32.2. The van der Waals surface area contributed by atoms with E-state index >= 15 is 0 Å². The van der Waals surface area contributed by atoms with E-state index in [4.69, 9.17) is 0 Å². The largest absolute Gasteiger partial charge is 0.343 e. The summed E-state index contributed by atoms with van der Waals surface area (Å²) in [5.74, 6) is 0. The number of nitrogens with one attached hydrogen (secondary N) is 1. The molecule has 1 rings (SSSR count). The number of hydrogen-bond donors (Lipinski definition) is 1. The molecule has 1 aromatic rings. The van der Waals surface area contributed by atoms with Crippen molar-refractivity contribution in [2.75, 3.05) is 6.26 Å². The molecule has 0 atom stereocenters. The van der Waals surface area contributed by atoms with E-state index in [0.717, 1.165) is 0 Å². The van der Waals surface area contributed by atoms with E-state index < -0.39 is 0 Å². The average molecular weight is 175 g/mol. The van der Waals surface area contributed by atoms with E-state index in [-0.39, 0.29) is 5.69 Å². The zero-order valence-corrected chi connectivity index (χ0v) is 8.03. The van der Waals surface area contributed by atoms with Crippen molar-refractivity contribution in [1.29, 1.82) is 0 Å². The summed E-state index contributed by atoms with van der Waals surface area (Å²) in [5.41, 5.74) is -0.167. The molecule has 4 nitrogen and oxygen atoms in total. The van der Waals surface area contributed by atoms with Gasteiger partial charge in [-0.3, -0.25) is 4.57 Å². The minimum Gasteiger partial charge on any atom is -0.273 e. The minimum atomic E-state index is -0.167. The maximum Gasteiger partial charge on any atom is 0.343 e. The zero-order valence-electron chi connectivity index (χ0n) is 7.21. The molecule has 1 N–H and O–H groups in total. The predicted octanol–water partition coefficient (Wildman–Crippen LogP) is 0.857. The van der Waals surface area contributed by atoms with E-state index in [1.165, 1.54) is 16.3 Å². The number of nitrogens with zero attached hydrogens (tertiary/aromatic N) is 2. The molecule has 0 saturated heterocycles. The fourth-order valence-electron chi connectivity index (χ4n) is 0.515.